The van der Waals surface area contributed by atoms with E-state index >= 15 is 0 Å². The molecule has 0 saturated carbocycles. The molecule has 1 aliphatic rings. The van der Waals surface area contributed by atoms with Gasteiger partial charge in [0, 0.05) is 5.56 Å². The van der Waals surface area contributed by atoms with Crippen molar-refractivity contribution in [1.82, 2.24) is 15.5 Å². The number of halogens is 1. The number of nitrogens with zero attached hydrogens (tertiary/aromatic N) is 2. The minimum absolute atomic E-state index is 0.0173. The highest BCUT2D eigenvalue weighted by molar-refractivity contribution is 5.53. The molecule has 0 atom stereocenters. The SMILES string of the molecule is CCC1(c2nc(-c3ccc(F)cc3)no2)CCNCC1. The van der Waals surface area contributed by atoms with Crippen molar-refractivity contribution in [2.24, 2.45) is 0 Å². The zero-order valence-electron chi connectivity index (χ0n) is 11.5. The number of hydrogen-bond donors (Lipinski definition) is 1. The minimum atomic E-state index is -0.263. The first kappa shape index (κ1) is 13.2. The van der Waals surface area contributed by atoms with Crippen LogP contribution in [0.3, 0.4) is 0 Å². The Morgan fingerprint density at radius 2 is 1.95 bits per heavy atom. The van der Waals surface area contributed by atoms with Crippen molar-refractivity contribution < 1.29 is 8.91 Å². The normalized spacial score (nSPS) is 18.1. The zero-order valence-corrected chi connectivity index (χ0v) is 11.5. The second kappa shape index (κ2) is 5.32. The van der Waals surface area contributed by atoms with E-state index in [4.69, 9.17) is 4.52 Å². The van der Waals surface area contributed by atoms with E-state index in [-0.39, 0.29) is 11.2 Å². The van der Waals surface area contributed by atoms with Gasteiger partial charge >= 0.3 is 0 Å². The van der Waals surface area contributed by atoms with E-state index in [1.807, 2.05) is 0 Å². The molecular formula is C15H18FN3O. The first-order chi connectivity index (χ1) is 9.73. The molecule has 1 fully saturated rings. The molecule has 20 heavy (non-hydrogen) atoms. The Morgan fingerprint density at radius 1 is 1.25 bits per heavy atom. The lowest BCUT2D eigenvalue weighted by molar-refractivity contribution is 0.216. The molecular weight excluding hydrogens is 257 g/mol. The van der Waals surface area contributed by atoms with Gasteiger partial charge in [0.25, 0.3) is 0 Å². The summed E-state index contributed by atoms with van der Waals surface area (Å²) in [4.78, 5) is 4.55. The van der Waals surface area contributed by atoms with E-state index in [0.29, 0.717) is 11.7 Å². The summed E-state index contributed by atoms with van der Waals surface area (Å²) >= 11 is 0. The maximum Gasteiger partial charge on any atom is 0.233 e. The highest BCUT2D eigenvalue weighted by Gasteiger charge is 2.37. The Balaban J connectivity index is 1.91. The second-order valence-corrected chi connectivity index (χ2v) is 5.31. The average molecular weight is 275 g/mol. The number of nitrogens with one attached hydrogen (secondary N) is 1. The molecule has 0 spiro atoms. The molecule has 0 aliphatic carbocycles. The number of aromatic nitrogens is 2. The van der Waals surface area contributed by atoms with Crippen LogP contribution in [0.15, 0.2) is 28.8 Å². The molecule has 2 aromatic rings. The molecule has 1 saturated heterocycles. The fourth-order valence-corrected chi connectivity index (χ4v) is 2.78. The van der Waals surface area contributed by atoms with E-state index in [9.17, 15) is 4.39 Å². The predicted octanol–water partition coefficient (Wildman–Crippen LogP) is 2.91. The largest absolute Gasteiger partial charge is 0.338 e. The van der Waals surface area contributed by atoms with Gasteiger partial charge in [-0.25, -0.2) is 4.39 Å². The van der Waals surface area contributed by atoms with Crippen molar-refractivity contribution >= 4 is 0 Å². The van der Waals surface area contributed by atoms with Crippen molar-refractivity contribution in [2.75, 3.05) is 13.1 Å². The summed E-state index contributed by atoms with van der Waals surface area (Å²) in [6, 6.07) is 6.16. The van der Waals surface area contributed by atoms with Crippen LogP contribution in [0.2, 0.25) is 0 Å². The monoisotopic (exact) mass is 275 g/mol. The Bertz CT molecular complexity index is 573. The van der Waals surface area contributed by atoms with Gasteiger partial charge in [-0.3, -0.25) is 0 Å². The molecule has 106 valence electrons. The molecule has 1 aromatic heterocycles. The lowest BCUT2D eigenvalue weighted by Gasteiger charge is -2.33. The number of rotatable bonds is 3. The summed E-state index contributed by atoms with van der Waals surface area (Å²) in [6.45, 7) is 4.11. The standard InChI is InChI=1S/C15H18FN3O/c1-2-15(7-9-17-10-8-15)14-18-13(19-20-14)11-3-5-12(16)6-4-11/h3-6,17H,2,7-10H2,1H3. The predicted molar refractivity (Wildman–Crippen MR) is 73.8 cm³/mol. The van der Waals surface area contributed by atoms with Crippen LogP contribution in [0.5, 0.6) is 0 Å². The van der Waals surface area contributed by atoms with Gasteiger partial charge in [0.05, 0.1) is 5.41 Å². The molecule has 0 amide bonds. The lowest BCUT2D eigenvalue weighted by atomic mass is 9.76. The van der Waals surface area contributed by atoms with Crippen LogP contribution < -0.4 is 5.32 Å². The average Bonchev–Trinajstić information content (AvgIpc) is 2.99. The van der Waals surface area contributed by atoms with E-state index in [1.165, 1.54) is 12.1 Å². The van der Waals surface area contributed by atoms with Gasteiger partial charge in [0.2, 0.25) is 11.7 Å². The third-order valence-electron chi connectivity index (χ3n) is 4.22. The van der Waals surface area contributed by atoms with E-state index in [1.54, 1.807) is 12.1 Å². The summed E-state index contributed by atoms with van der Waals surface area (Å²) in [7, 11) is 0. The molecule has 1 aliphatic heterocycles. The van der Waals surface area contributed by atoms with Gasteiger partial charge in [-0.05, 0) is 56.6 Å². The third-order valence-corrected chi connectivity index (χ3v) is 4.22. The van der Waals surface area contributed by atoms with Gasteiger partial charge in [-0.2, -0.15) is 4.98 Å². The van der Waals surface area contributed by atoms with Gasteiger partial charge in [0.15, 0.2) is 0 Å². The number of piperidine rings is 1. The van der Waals surface area contributed by atoms with Gasteiger partial charge in [0.1, 0.15) is 5.82 Å². The first-order valence-corrected chi connectivity index (χ1v) is 7.04. The van der Waals surface area contributed by atoms with E-state index in [2.05, 4.69) is 22.4 Å². The minimum Gasteiger partial charge on any atom is -0.338 e. The van der Waals surface area contributed by atoms with Crippen LogP contribution in [0.4, 0.5) is 4.39 Å². The van der Waals surface area contributed by atoms with Crippen LogP contribution in [0.25, 0.3) is 11.4 Å². The highest BCUT2D eigenvalue weighted by Crippen LogP contribution is 2.36. The molecule has 2 heterocycles. The summed E-state index contributed by atoms with van der Waals surface area (Å²) < 4.78 is 18.4. The highest BCUT2D eigenvalue weighted by atomic mass is 19.1. The Hall–Kier alpha value is -1.75. The Labute approximate surface area is 117 Å². The van der Waals surface area contributed by atoms with Crippen LogP contribution in [0.1, 0.15) is 32.1 Å². The summed E-state index contributed by atoms with van der Waals surface area (Å²) in [5.41, 5.74) is 0.762. The van der Waals surface area contributed by atoms with Gasteiger partial charge < -0.3 is 9.84 Å². The van der Waals surface area contributed by atoms with Crippen molar-refractivity contribution in [1.29, 1.82) is 0 Å². The molecule has 1 N–H and O–H groups in total. The summed E-state index contributed by atoms with van der Waals surface area (Å²) in [5, 5.41) is 7.41. The quantitative estimate of drug-likeness (QED) is 0.935. The number of hydrogen-bond acceptors (Lipinski definition) is 4. The van der Waals surface area contributed by atoms with Gasteiger partial charge in [-0.1, -0.05) is 12.1 Å². The molecule has 4 nitrogen and oxygen atoms in total. The molecule has 0 unspecified atom stereocenters. The van der Waals surface area contributed by atoms with Crippen molar-refractivity contribution in [3.63, 3.8) is 0 Å². The summed E-state index contributed by atoms with van der Waals surface area (Å²) in [5.74, 6) is 0.980. The van der Waals surface area contributed by atoms with Gasteiger partial charge in [-0.15, -0.1) is 0 Å². The molecule has 1 aromatic carbocycles. The van der Waals surface area contributed by atoms with Crippen LogP contribution in [0, 0.1) is 5.82 Å². The van der Waals surface area contributed by atoms with Crippen molar-refractivity contribution in [3.05, 3.63) is 36.0 Å². The molecule has 5 heteroatoms. The molecule has 3 rings (SSSR count). The maximum absolute atomic E-state index is 12.9. The van der Waals surface area contributed by atoms with Crippen LogP contribution >= 0.6 is 0 Å². The fraction of sp³-hybridized carbons (Fsp3) is 0.467. The molecule has 0 radical (unpaired) electrons. The topological polar surface area (TPSA) is 51.0 Å². The van der Waals surface area contributed by atoms with Crippen LogP contribution in [-0.2, 0) is 5.41 Å². The lowest BCUT2D eigenvalue weighted by Crippen LogP contribution is -2.39. The van der Waals surface area contributed by atoms with E-state index in [0.717, 1.165) is 37.9 Å². The Kier molecular flexibility index (Phi) is 3.53. The third kappa shape index (κ3) is 2.33. The smallest absolute Gasteiger partial charge is 0.233 e. The first-order valence-electron chi connectivity index (χ1n) is 7.04. The summed E-state index contributed by atoms with van der Waals surface area (Å²) in [6.07, 6.45) is 3.00. The van der Waals surface area contributed by atoms with Crippen LogP contribution in [-0.4, -0.2) is 23.2 Å². The fourth-order valence-electron chi connectivity index (χ4n) is 2.78. The zero-order chi connectivity index (χ0) is 14.0. The molecule has 0 bridgehead atoms. The van der Waals surface area contributed by atoms with Crippen molar-refractivity contribution in [3.8, 4) is 11.4 Å². The van der Waals surface area contributed by atoms with Crippen molar-refractivity contribution in [2.45, 2.75) is 31.6 Å². The Morgan fingerprint density at radius 3 is 2.60 bits per heavy atom. The maximum atomic E-state index is 12.9. The second-order valence-electron chi connectivity index (χ2n) is 5.31. The number of benzene rings is 1. The van der Waals surface area contributed by atoms with E-state index < -0.39 is 0 Å².